The first-order valence-electron chi connectivity index (χ1n) is 7.36. The fourth-order valence-corrected chi connectivity index (χ4v) is 5.66. The van der Waals surface area contributed by atoms with Crippen LogP contribution in [-0.2, 0) is 0 Å². The average molecular weight is 288 g/mol. The van der Waals surface area contributed by atoms with Gasteiger partial charge in [-0.15, -0.1) is 0 Å². The van der Waals surface area contributed by atoms with E-state index in [9.17, 15) is 0 Å². The van der Waals surface area contributed by atoms with E-state index in [-0.39, 0.29) is 0 Å². The van der Waals surface area contributed by atoms with E-state index in [1.54, 1.807) is 0 Å². The molecule has 0 bridgehead atoms. The third kappa shape index (κ3) is 5.18. The zero-order valence-corrected chi connectivity index (χ0v) is 13.8. The maximum Gasteiger partial charge on any atom is 0.0323 e. The van der Waals surface area contributed by atoms with E-state index in [0.717, 1.165) is 29.9 Å². The second-order valence-corrected chi connectivity index (χ2v) is 7.65. The standard InChI is InChI=1S/C15H29NS2/c1-5-8-16-13(11-12(4)6-2)15-14(7-3)17-9-10-18-15/h13-16H,4-11H2,1-3H3. The molecule has 1 rings (SSSR count). The normalized spacial score (nSPS) is 25.9. The summed E-state index contributed by atoms with van der Waals surface area (Å²) in [6, 6.07) is 0.625. The van der Waals surface area contributed by atoms with Gasteiger partial charge in [0.1, 0.15) is 0 Å². The van der Waals surface area contributed by atoms with E-state index in [1.807, 2.05) is 0 Å². The quantitative estimate of drug-likeness (QED) is 0.667. The summed E-state index contributed by atoms with van der Waals surface area (Å²) in [5.74, 6) is 2.64. The second kappa shape index (κ2) is 9.33. The van der Waals surface area contributed by atoms with Gasteiger partial charge in [0.15, 0.2) is 0 Å². The molecule has 1 aliphatic rings. The molecule has 1 N–H and O–H groups in total. The minimum atomic E-state index is 0.625. The van der Waals surface area contributed by atoms with Gasteiger partial charge in [-0.25, -0.2) is 0 Å². The molecule has 1 fully saturated rings. The molecule has 1 saturated heterocycles. The fourth-order valence-electron chi connectivity index (χ4n) is 2.40. The van der Waals surface area contributed by atoms with E-state index in [2.05, 4.69) is 56.2 Å². The summed E-state index contributed by atoms with van der Waals surface area (Å²) < 4.78 is 0. The molecule has 0 aromatic rings. The largest absolute Gasteiger partial charge is 0.313 e. The summed E-state index contributed by atoms with van der Waals surface area (Å²) in [5.41, 5.74) is 1.40. The molecule has 0 spiro atoms. The molecular formula is C15H29NS2. The lowest BCUT2D eigenvalue weighted by atomic mass is 9.99. The van der Waals surface area contributed by atoms with Gasteiger partial charge in [0.05, 0.1) is 0 Å². The number of thioether (sulfide) groups is 2. The predicted molar refractivity (Wildman–Crippen MR) is 88.9 cm³/mol. The van der Waals surface area contributed by atoms with Gasteiger partial charge < -0.3 is 5.32 Å². The van der Waals surface area contributed by atoms with Crippen LogP contribution in [0.25, 0.3) is 0 Å². The van der Waals surface area contributed by atoms with Crippen molar-refractivity contribution in [3.05, 3.63) is 12.2 Å². The molecule has 3 unspecified atom stereocenters. The van der Waals surface area contributed by atoms with Crippen LogP contribution in [0.15, 0.2) is 12.2 Å². The number of nitrogens with one attached hydrogen (secondary N) is 1. The van der Waals surface area contributed by atoms with E-state index < -0.39 is 0 Å². The Balaban J connectivity index is 2.62. The Morgan fingerprint density at radius 2 is 2.00 bits per heavy atom. The third-order valence-electron chi connectivity index (χ3n) is 3.56. The van der Waals surface area contributed by atoms with Crippen LogP contribution < -0.4 is 5.32 Å². The van der Waals surface area contributed by atoms with Crippen molar-refractivity contribution in [1.29, 1.82) is 0 Å². The van der Waals surface area contributed by atoms with Crippen molar-refractivity contribution in [3.63, 3.8) is 0 Å². The molecule has 0 aromatic carbocycles. The van der Waals surface area contributed by atoms with Gasteiger partial charge in [-0.05, 0) is 32.2 Å². The lowest BCUT2D eigenvalue weighted by molar-refractivity contribution is 0.473. The van der Waals surface area contributed by atoms with Crippen LogP contribution in [0.1, 0.15) is 46.5 Å². The Labute approximate surface area is 122 Å². The van der Waals surface area contributed by atoms with Gasteiger partial charge >= 0.3 is 0 Å². The molecule has 0 aromatic heterocycles. The minimum absolute atomic E-state index is 0.625. The predicted octanol–water partition coefficient (Wildman–Crippen LogP) is 4.34. The Morgan fingerprint density at radius 1 is 1.28 bits per heavy atom. The maximum absolute atomic E-state index is 4.21. The Morgan fingerprint density at radius 3 is 2.61 bits per heavy atom. The molecular weight excluding hydrogens is 258 g/mol. The number of hydrogen-bond donors (Lipinski definition) is 1. The zero-order valence-electron chi connectivity index (χ0n) is 12.2. The lowest BCUT2D eigenvalue weighted by Crippen LogP contribution is -2.45. The van der Waals surface area contributed by atoms with Crippen molar-refractivity contribution in [3.8, 4) is 0 Å². The Bertz CT molecular complexity index is 243. The molecule has 0 radical (unpaired) electrons. The SMILES string of the molecule is C=C(CC)CC(NCCC)C1SCCSC1CC. The Hall–Kier alpha value is 0.400. The number of rotatable bonds is 8. The first kappa shape index (κ1) is 16.5. The van der Waals surface area contributed by atoms with Gasteiger partial charge in [0.25, 0.3) is 0 Å². The van der Waals surface area contributed by atoms with Gasteiger partial charge in [-0.1, -0.05) is 32.9 Å². The summed E-state index contributed by atoms with van der Waals surface area (Å²) in [4.78, 5) is 0. The Kier molecular flexibility index (Phi) is 8.53. The summed E-state index contributed by atoms with van der Waals surface area (Å²) in [5, 5.41) is 5.36. The molecule has 1 heterocycles. The highest BCUT2D eigenvalue weighted by atomic mass is 32.2. The van der Waals surface area contributed by atoms with Gasteiger partial charge in [0.2, 0.25) is 0 Å². The van der Waals surface area contributed by atoms with Crippen LogP contribution in [0.4, 0.5) is 0 Å². The number of hydrogen-bond acceptors (Lipinski definition) is 3. The summed E-state index contributed by atoms with van der Waals surface area (Å²) >= 11 is 4.36. The van der Waals surface area contributed by atoms with Crippen LogP contribution in [0.3, 0.4) is 0 Å². The van der Waals surface area contributed by atoms with Crippen LogP contribution in [0.2, 0.25) is 0 Å². The van der Waals surface area contributed by atoms with Crippen LogP contribution in [0, 0.1) is 0 Å². The van der Waals surface area contributed by atoms with E-state index in [4.69, 9.17) is 0 Å². The minimum Gasteiger partial charge on any atom is -0.313 e. The first-order valence-corrected chi connectivity index (χ1v) is 9.45. The fraction of sp³-hybridized carbons (Fsp3) is 0.867. The smallest absolute Gasteiger partial charge is 0.0323 e. The van der Waals surface area contributed by atoms with Crippen LogP contribution in [-0.4, -0.2) is 34.6 Å². The maximum atomic E-state index is 4.21. The van der Waals surface area contributed by atoms with Crippen molar-refractivity contribution in [1.82, 2.24) is 5.32 Å². The van der Waals surface area contributed by atoms with Crippen molar-refractivity contribution < 1.29 is 0 Å². The van der Waals surface area contributed by atoms with Gasteiger partial charge in [-0.2, -0.15) is 23.5 Å². The third-order valence-corrected chi connectivity index (χ3v) is 6.96. The monoisotopic (exact) mass is 287 g/mol. The molecule has 3 heteroatoms. The van der Waals surface area contributed by atoms with Crippen molar-refractivity contribution >= 4 is 23.5 Å². The second-order valence-electron chi connectivity index (χ2n) is 5.02. The molecule has 106 valence electrons. The molecule has 0 aliphatic carbocycles. The molecule has 0 amide bonds. The van der Waals surface area contributed by atoms with Crippen LogP contribution in [0.5, 0.6) is 0 Å². The van der Waals surface area contributed by atoms with Crippen molar-refractivity contribution in [2.75, 3.05) is 18.1 Å². The highest BCUT2D eigenvalue weighted by Crippen LogP contribution is 2.36. The molecule has 1 nitrogen and oxygen atoms in total. The van der Waals surface area contributed by atoms with Crippen molar-refractivity contribution in [2.45, 2.75) is 63.0 Å². The van der Waals surface area contributed by atoms with Gasteiger partial charge in [-0.3, -0.25) is 0 Å². The average Bonchev–Trinajstić information content (AvgIpc) is 2.43. The van der Waals surface area contributed by atoms with E-state index in [0.29, 0.717) is 6.04 Å². The zero-order chi connectivity index (χ0) is 13.4. The van der Waals surface area contributed by atoms with E-state index >= 15 is 0 Å². The first-order chi connectivity index (χ1) is 8.72. The lowest BCUT2D eigenvalue weighted by Gasteiger charge is -2.37. The highest BCUT2D eigenvalue weighted by molar-refractivity contribution is 8.07. The van der Waals surface area contributed by atoms with Crippen LogP contribution >= 0.6 is 23.5 Å². The topological polar surface area (TPSA) is 12.0 Å². The van der Waals surface area contributed by atoms with Crippen molar-refractivity contribution in [2.24, 2.45) is 0 Å². The summed E-state index contributed by atoms with van der Waals surface area (Å²) in [7, 11) is 0. The summed E-state index contributed by atoms with van der Waals surface area (Å²) in [6.07, 6.45) is 4.79. The van der Waals surface area contributed by atoms with Gasteiger partial charge in [0, 0.05) is 28.0 Å². The highest BCUT2D eigenvalue weighted by Gasteiger charge is 2.31. The molecule has 3 atom stereocenters. The molecule has 18 heavy (non-hydrogen) atoms. The summed E-state index contributed by atoms with van der Waals surface area (Å²) in [6.45, 7) is 12.2. The molecule has 0 saturated carbocycles. The molecule has 1 aliphatic heterocycles. The van der Waals surface area contributed by atoms with E-state index in [1.165, 1.54) is 29.9 Å².